The Hall–Kier alpha value is -4.18. The number of carbonyl (C=O) groups is 4. The highest BCUT2D eigenvalue weighted by molar-refractivity contribution is 8.00. The van der Waals surface area contributed by atoms with Gasteiger partial charge >= 0.3 is 18.0 Å². The molecule has 1 aromatic heterocycles. The molecule has 2 amide bonds. The average molecular weight is 606 g/mol. The quantitative estimate of drug-likeness (QED) is 0.333. The third-order valence-corrected chi connectivity index (χ3v) is 9.21. The molecule has 0 unspecified atom stereocenters. The molecule has 16 heteroatoms. The van der Waals surface area contributed by atoms with Crippen molar-refractivity contribution in [3.8, 4) is 0 Å². The molecule has 222 valence electrons. The highest BCUT2D eigenvalue weighted by Gasteiger charge is 2.51. The molecular formula is C26H25F2N5O8S. The number of hydrogen-bond donors (Lipinski definition) is 4. The molecule has 2 saturated heterocycles. The summed E-state index contributed by atoms with van der Waals surface area (Å²) in [6.07, 6.45) is 1.85. The fraction of sp³-hybridized carbons (Fsp3) is 0.423. The largest absolute Gasteiger partial charge is 0.477 e. The first-order chi connectivity index (χ1) is 20.0. The van der Waals surface area contributed by atoms with Gasteiger partial charge in [0.2, 0.25) is 11.3 Å². The number of ether oxygens (including phenoxy) is 1. The van der Waals surface area contributed by atoms with Crippen LogP contribution >= 0.6 is 11.8 Å². The molecule has 0 spiro atoms. The van der Waals surface area contributed by atoms with Crippen LogP contribution < -0.4 is 21.4 Å². The first-order valence-corrected chi connectivity index (χ1v) is 14.2. The van der Waals surface area contributed by atoms with E-state index in [0.29, 0.717) is 19.3 Å². The van der Waals surface area contributed by atoms with Gasteiger partial charge in [-0.15, -0.1) is 11.8 Å². The number of nitrogens with one attached hydrogen (secondary N) is 1. The molecule has 3 fully saturated rings. The third-order valence-electron chi connectivity index (χ3n) is 7.85. The van der Waals surface area contributed by atoms with E-state index in [1.807, 2.05) is 0 Å². The van der Waals surface area contributed by atoms with Crippen LogP contribution in [0.25, 0.3) is 10.9 Å². The Kier molecular flexibility index (Phi) is 6.84. The van der Waals surface area contributed by atoms with E-state index in [4.69, 9.17) is 10.5 Å². The van der Waals surface area contributed by atoms with E-state index in [1.54, 1.807) is 0 Å². The van der Waals surface area contributed by atoms with E-state index < -0.39 is 64.0 Å². The minimum absolute atomic E-state index is 0.0100. The first kappa shape index (κ1) is 28.0. The Labute approximate surface area is 239 Å². The number of anilines is 1. The van der Waals surface area contributed by atoms with E-state index in [0.717, 1.165) is 17.2 Å². The van der Waals surface area contributed by atoms with E-state index in [-0.39, 0.29) is 59.4 Å². The number of pyridine rings is 1. The SMILES string of the molecule is N[C@@H]1C(=O)N2C(C(=O)O)=C(COC(=O)N[C@@H]3CCN(c4c(F)cc5c(=O)c(C(=O)O)cn(C6CC6)c5c4F)C3)CS[C@H]12. The van der Waals surface area contributed by atoms with Gasteiger partial charge in [0.15, 0.2) is 5.82 Å². The van der Waals surface area contributed by atoms with Gasteiger partial charge in [0.05, 0.1) is 16.9 Å². The zero-order chi connectivity index (χ0) is 30.0. The van der Waals surface area contributed by atoms with Gasteiger partial charge in [0.1, 0.15) is 40.8 Å². The Morgan fingerprint density at radius 1 is 1.14 bits per heavy atom. The van der Waals surface area contributed by atoms with Crippen molar-refractivity contribution < 1.29 is 42.9 Å². The number of amides is 2. The molecule has 42 heavy (non-hydrogen) atoms. The van der Waals surface area contributed by atoms with E-state index in [2.05, 4.69) is 5.32 Å². The normalized spacial score (nSPS) is 23.6. The molecule has 1 aliphatic carbocycles. The second-order valence-corrected chi connectivity index (χ2v) is 11.7. The number of halogens is 2. The predicted octanol–water partition coefficient (Wildman–Crippen LogP) is 1.20. The molecule has 0 bridgehead atoms. The van der Waals surface area contributed by atoms with Crippen molar-refractivity contribution in [2.45, 2.75) is 42.8 Å². The maximum absolute atomic E-state index is 15.9. The lowest BCUT2D eigenvalue weighted by Gasteiger charge is -2.47. The van der Waals surface area contributed by atoms with Crippen molar-refractivity contribution in [3.05, 3.63) is 51.0 Å². The van der Waals surface area contributed by atoms with Gasteiger partial charge in [0, 0.05) is 36.7 Å². The summed E-state index contributed by atoms with van der Waals surface area (Å²) in [5.74, 6) is -5.17. The van der Waals surface area contributed by atoms with Gasteiger partial charge in [-0.1, -0.05) is 0 Å². The summed E-state index contributed by atoms with van der Waals surface area (Å²) < 4.78 is 37.7. The molecule has 6 rings (SSSR count). The lowest BCUT2D eigenvalue weighted by molar-refractivity contribution is -0.148. The Morgan fingerprint density at radius 2 is 1.88 bits per heavy atom. The zero-order valence-corrected chi connectivity index (χ0v) is 22.7. The highest BCUT2D eigenvalue weighted by Crippen LogP contribution is 2.41. The minimum atomic E-state index is -1.48. The van der Waals surface area contributed by atoms with Crippen molar-refractivity contribution in [1.82, 2.24) is 14.8 Å². The average Bonchev–Trinajstić information content (AvgIpc) is 3.70. The van der Waals surface area contributed by atoms with Crippen LogP contribution in [0.3, 0.4) is 0 Å². The van der Waals surface area contributed by atoms with Gasteiger partial charge in [-0.2, -0.15) is 0 Å². The number of carbonyl (C=O) groups excluding carboxylic acids is 2. The maximum atomic E-state index is 15.9. The summed E-state index contributed by atoms with van der Waals surface area (Å²) >= 11 is 1.27. The van der Waals surface area contributed by atoms with Crippen LogP contribution in [0.15, 0.2) is 28.3 Å². The van der Waals surface area contributed by atoms with Crippen LogP contribution in [-0.4, -0.2) is 86.5 Å². The summed E-state index contributed by atoms with van der Waals surface area (Å²) in [7, 11) is 0. The molecule has 2 aromatic rings. The van der Waals surface area contributed by atoms with Crippen LogP contribution in [0.1, 0.15) is 35.7 Å². The van der Waals surface area contributed by atoms with Crippen molar-refractivity contribution in [2.75, 3.05) is 30.3 Å². The molecular weight excluding hydrogens is 580 g/mol. The number of nitrogens with zero attached hydrogens (tertiary/aromatic N) is 3. The van der Waals surface area contributed by atoms with Crippen LogP contribution in [0.4, 0.5) is 19.3 Å². The number of aromatic nitrogens is 1. The monoisotopic (exact) mass is 605 g/mol. The molecule has 13 nitrogen and oxygen atoms in total. The molecule has 3 atom stereocenters. The summed E-state index contributed by atoms with van der Waals surface area (Å²) in [5.41, 5.74) is 3.61. The smallest absolute Gasteiger partial charge is 0.407 e. The Morgan fingerprint density at radius 3 is 2.55 bits per heavy atom. The third kappa shape index (κ3) is 4.54. The lowest BCUT2D eigenvalue weighted by Crippen LogP contribution is -2.68. The second kappa shape index (κ2) is 10.3. The lowest BCUT2D eigenvalue weighted by atomic mass is 10.0. The van der Waals surface area contributed by atoms with E-state index in [9.17, 15) is 34.2 Å². The minimum Gasteiger partial charge on any atom is -0.477 e. The topological polar surface area (TPSA) is 184 Å². The van der Waals surface area contributed by atoms with Crippen LogP contribution in [0.2, 0.25) is 0 Å². The molecule has 4 aliphatic rings. The first-order valence-electron chi connectivity index (χ1n) is 13.1. The number of aromatic carboxylic acids is 1. The maximum Gasteiger partial charge on any atom is 0.407 e. The number of nitrogens with two attached hydrogens (primary N) is 1. The molecule has 4 heterocycles. The van der Waals surface area contributed by atoms with Crippen molar-refractivity contribution >= 4 is 52.3 Å². The summed E-state index contributed by atoms with van der Waals surface area (Å²) in [6, 6.07) is -0.712. The fourth-order valence-corrected chi connectivity index (χ4v) is 6.92. The van der Waals surface area contributed by atoms with Gasteiger partial charge in [-0.05, 0) is 25.3 Å². The molecule has 3 aliphatic heterocycles. The Bertz CT molecular complexity index is 1660. The summed E-state index contributed by atoms with van der Waals surface area (Å²) in [6.45, 7) is -0.210. The van der Waals surface area contributed by atoms with Crippen molar-refractivity contribution in [2.24, 2.45) is 5.73 Å². The van der Waals surface area contributed by atoms with Crippen LogP contribution in [0.5, 0.6) is 0 Å². The van der Waals surface area contributed by atoms with Gasteiger partial charge in [-0.25, -0.2) is 23.2 Å². The fourth-order valence-electron chi connectivity index (χ4n) is 5.65. The second-order valence-electron chi connectivity index (χ2n) is 10.6. The van der Waals surface area contributed by atoms with Crippen LogP contribution in [0, 0.1) is 11.6 Å². The number of fused-ring (bicyclic) bond motifs is 2. The van der Waals surface area contributed by atoms with Crippen molar-refractivity contribution in [1.29, 1.82) is 0 Å². The number of hydrogen-bond acceptors (Lipinski definition) is 9. The zero-order valence-electron chi connectivity index (χ0n) is 21.8. The predicted molar refractivity (Wildman–Crippen MR) is 144 cm³/mol. The van der Waals surface area contributed by atoms with Gasteiger partial charge in [-0.3, -0.25) is 14.5 Å². The standard InChI is InChI=1S/C26H25F2N5O8S/c27-15-5-13-19(32(12-1-2-12)7-14(21(13)34)24(36)37)16(28)20(15)31-4-3-11(6-31)30-26(40)41-8-10-9-42-23-17(29)22(35)33(23)18(10)25(38)39/h5,7,11-12,17,23H,1-4,6,8-9,29H2,(H,30,40)(H,36,37)(H,38,39)/t11-,17-,23-/m1/s1. The summed E-state index contributed by atoms with van der Waals surface area (Å²) in [5, 5.41) is 20.8. The number of carboxylic acids is 2. The highest BCUT2D eigenvalue weighted by atomic mass is 32.2. The number of β-lactam (4-membered cyclic amide) rings is 1. The van der Waals surface area contributed by atoms with E-state index in [1.165, 1.54) is 21.2 Å². The number of benzene rings is 1. The molecule has 5 N–H and O–H groups in total. The summed E-state index contributed by atoms with van der Waals surface area (Å²) in [4.78, 5) is 63.2. The number of carboxylic acid groups (broad SMARTS) is 2. The number of rotatable bonds is 7. The number of alkyl carbamates (subject to hydrolysis) is 1. The number of aliphatic carboxylic acids is 1. The van der Waals surface area contributed by atoms with Crippen LogP contribution in [-0.2, 0) is 14.3 Å². The molecule has 1 aromatic carbocycles. The van der Waals surface area contributed by atoms with Gasteiger partial charge in [0.25, 0.3) is 0 Å². The molecule has 0 radical (unpaired) electrons. The molecule has 1 saturated carbocycles. The van der Waals surface area contributed by atoms with Gasteiger partial charge < -0.3 is 35.5 Å². The Balaban J connectivity index is 1.17. The number of thioether (sulfide) groups is 1. The van der Waals surface area contributed by atoms with Crippen molar-refractivity contribution in [3.63, 3.8) is 0 Å². The van der Waals surface area contributed by atoms with E-state index >= 15 is 8.78 Å².